The summed E-state index contributed by atoms with van der Waals surface area (Å²) in [5, 5.41) is 17.3. The van der Waals surface area contributed by atoms with Gasteiger partial charge in [0.25, 0.3) is 0 Å². The second-order valence-corrected chi connectivity index (χ2v) is 7.22. The molecule has 0 aliphatic heterocycles. The molecule has 190 valence electrons. The number of anilines is 4. The molecule has 0 amide bonds. The van der Waals surface area contributed by atoms with Crippen LogP contribution in [0.25, 0.3) is 0 Å². The van der Waals surface area contributed by atoms with Crippen molar-refractivity contribution in [3.8, 4) is 11.8 Å². The van der Waals surface area contributed by atoms with E-state index in [1.165, 1.54) is 0 Å². The number of carboxylic acid groups (broad SMARTS) is 1. The van der Waals surface area contributed by atoms with Gasteiger partial charge in [-0.2, -0.15) is 28.1 Å². The van der Waals surface area contributed by atoms with Gasteiger partial charge in [0.05, 0.1) is 0 Å². The Kier molecular flexibility index (Phi) is 8.86. The van der Waals surface area contributed by atoms with Crippen LogP contribution in [0.2, 0.25) is 0 Å². The minimum absolute atomic E-state index is 0.00333. The maximum absolute atomic E-state index is 12.6. The van der Waals surface area contributed by atoms with Crippen LogP contribution in [0.15, 0.2) is 61.2 Å². The summed E-state index contributed by atoms with van der Waals surface area (Å²) in [7, 11) is 0. The van der Waals surface area contributed by atoms with Crippen LogP contribution in [0.4, 0.5) is 36.4 Å². The van der Waals surface area contributed by atoms with Crippen molar-refractivity contribution >= 4 is 29.2 Å². The largest absolute Gasteiger partial charge is 0.490 e. The van der Waals surface area contributed by atoms with Gasteiger partial charge < -0.3 is 30.5 Å². The van der Waals surface area contributed by atoms with Gasteiger partial charge in [-0.05, 0) is 42.0 Å². The highest BCUT2D eigenvalue weighted by Crippen LogP contribution is 2.21. The van der Waals surface area contributed by atoms with Crippen LogP contribution in [-0.2, 0) is 11.3 Å². The average Bonchev–Trinajstić information content (AvgIpc) is 2.85. The Morgan fingerprint density at radius 2 is 1.61 bits per heavy atom. The minimum atomic E-state index is -4.57. The second-order valence-electron chi connectivity index (χ2n) is 7.22. The number of aliphatic carboxylic acids is 1. The van der Waals surface area contributed by atoms with Crippen molar-refractivity contribution in [1.82, 2.24) is 15.0 Å². The van der Waals surface area contributed by atoms with Gasteiger partial charge in [0.1, 0.15) is 18.9 Å². The smallest absolute Gasteiger partial charge is 0.422 e. The third kappa shape index (κ3) is 9.00. The lowest BCUT2D eigenvalue weighted by Gasteiger charge is -2.12. The lowest BCUT2D eigenvalue weighted by atomic mass is 10.2. The lowest BCUT2D eigenvalue weighted by Crippen LogP contribution is -2.21. The van der Waals surface area contributed by atoms with Gasteiger partial charge in [0, 0.05) is 17.9 Å². The van der Waals surface area contributed by atoms with Gasteiger partial charge in [-0.1, -0.05) is 24.8 Å². The SMILES string of the molecule is C=CCOc1ccc(CNc2nc(Nc3ccc(NCC(=O)O)cc3)nc(OCC(F)(F)F)n2)cc1. The number of hydrogen-bond acceptors (Lipinski definition) is 9. The quantitative estimate of drug-likeness (QED) is 0.251. The number of alkyl halides is 3. The molecule has 36 heavy (non-hydrogen) atoms. The number of nitrogens with one attached hydrogen (secondary N) is 3. The topological polar surface area (TPSA) is 131 Å². The summed E-state index contributed by atoms with van der Waals surface area (Å²) in [6.45, 7) is 2.42. The molecule has 0 aliphatic rings. The highest BCUT2D eigenvalue weighted by molar-refractivity contribution is 5.73. The number of carboxylic acids is 1. The van der Waals surface area contributed by atoms with Crippen molar-refractivity contribution in [2.24, 2.45) is 0 Å². The molecule has 0 saturated heterocycles. The van der Waals surface area contributed by atoms with Crippen LogP contribution in [-0.4, -0.2) is 52.0 Å². The fraction of sp³-hybridized carbons (Fsp3) is 0.217. The molecular formula is C23H23F3N6O4. The van der Waals surface area contributed by atoms with Gasteiger partial charge in [-0.25, -0.2) is 0 Å². The molecule has 0 radical (unpaired) electrons. The van der Waals surface area contributed by atoms with Crippen LogP contribution >= 0.6 is 0 Å². The van der Waals surface area contributed by atoms with Gasteiger partial charge in [-0.15, -0.1) is 0 Å². The molecule has 0 atom stereocenters. The summed E-state index contributed by atoms with van der Waals surface area (Å²) in [5.41, 5.74) is 1.92. The number of benzene rings is 2. The Morgan fingerprint density at radius 1 is 0.944 bits per heavy atom. The van der Waals surface area contributed by atoms with E-state index in [0.29, 0.717) is 23.7 Å². The first-order chi connectivity index (χ1) is 17.2. The molecule has 4 N–H and O–H groups in total. The van der Waals surface area contributed by atoms with Crippen LogP contribution in [0.5, 0.6) is 11.8 Å². The number of aromatic nitrogens is 3. The molecule has 3 aromatic rings. The van der Waals surface area contributed by atoms with E-state index in [1.54, 1.807) is 42.5 Å². The monoisotopic (exact) mass is 504 g/mol. The molecule has 0 aliphatic carbocycles. The summed E-state index contributed by atoms with van der Waals surface area (Å²) in [4.78, 5) is 22.7. The molecule has 0 bridgehead atoms. The summed E-state index contributed by atoms with van der Waals surface area (Å²) in [6.07, 6.45) is -2.94. The molecule has 1 aromatic heterocycles. The van der Waals surface area contributed by atoms with Crippen molar-refractivity contribution < 1.29 is 32.5 Å². The predicted octanol–water partition coefficient (Wildman–Crippen LogP) is 4.23. The Balaban J connectivity index is 1.71. The Labute approximate surface area is 204 Å². The molecule has 0 fully saturated rings. The van der Waals surface area contributed by atoms with E-state index in [9.17, 15) is 18.0 Å². The predicted molar refractivity (Wildman–Crippen MR) is 127 cm³/mol. The molecule has 0 saturated carbocycles. The van der Waals surface area contributed by atoms with E-state index >= 15 is 0 Å². The molecular weight excluding hydrogens is 481 g/mol. The zero-order valence-electron chi connectivity index (χ0n) is 18.9. The van der Waals surface area contributed by atoms with Crippen LogP contribution < -0.4 is 25.4 Å². The van der Waals surface area contributed by atoms with E-state index < -0.39 is 24.8 Å². The highest BCUT2D eigenvalue weighted by Gasteiger charge is 2.29. The van der Waals surface area contributed by atoms with E-state index in [1.807, 2.05) is 12.1 Å². The highest BCUT2D eigenvalue weighted by atomic mass is 19.4. The minimum Gasteiger partial charge on any atom is -0.490 e. The van der Waals surface area contributed by atoms with E-state index in [-0.39, 0.29) is 25.0 Å². The summed E-state index contributed by atoms with van der Waals surface area (Å²) >= 11 is 0. The summed E-state index contributed by atoms with van der Waals surface area (Å²) in [6, 6.07) is 13.1. The maximum atomic E-state index is 12.6. The fourth-order valence-electron chi connectivity index (χ4n) is 2.72. The van der Waals surface area contributed by atoms with E-state index in [4.69, 9.17) is 14.6 Å². The van der Waals surface area contributed by atoms with Crippen LogP contribution in [0.1, 0.15) is 5.56 Å². The number of ether oxygens (including phenoxy) is 2. The maximum Gasteiger partial charge on any atom is 0.422 e. The Hall–Kier alpha value is -4.55. The van der Waals surface area contributed by atoms with E-state index in [0.717, 1.165) is 5.56 Å². The van der Waals surface area contributed by atoms with Gasteiger partial charge in [-0.3, -0.25) is 4.79 Å². The molecule has 3 rings (SSSR count). The van der Waals surface area contributed by atoms with Gasteiger partial charge in [0.2, 0.25) is 11.9 Å². The summed E-state index contributed by atoms with van der Waals surface area (Å²) < 4.78 is 48.0. The number of halogens is 3. The Morgan fingerprint density at radius 3 is 2.25 bits per heavy atom. The normalized spacial score (nSPS) is 10.9. The number of carbonyl (C=O) groups is 1. The van der Waals surface area contributed by atoms with Gasteiger partial charge in [0.15, 0.2) is 6.61 Å². The molecule has 13 heteroatoms. The molecule has 2 aromatic carbocycles. The zero-order valence-corrected chi connectivity index (χ0v) is 18.9. The van der Waals surface area contributed by atoms with Gasteiger partial charge >= 0.3 is 18.2 Å². The van der Waals surface area contributed by atoms with Crippen molar-refractivity contribution in [3.63, 3.8) is 0 Å². The van der Waals surface area contributed by atoms with Crippen molar-refractivity contribution in [3.05, 3.63) is 66.7 Å². The van der Waals surface area contributed by atoms with Crippen molar-refractivity contribution in [2.75, 3.05) is 35.7 Å². The lowest BCUT2D eigenvalue weighted by molar-refractivity contribution is -0.154. The Bertz CT molecular complexity index is 1160. The zero-order chi connectivity index (χ0) is 26.0. The standard InChI is InChI=1S/C23H23F3N6O4/c1-2-11-35-18-9-3-15(4-10-18)12-28-20-30-21(32-22(31-20)36-14-23(24,25)26)29-17-7-5-16(6-8-17)27-13-19(33)34/h2-10,27H,1,11-14H2,(H,33,34)(H2,28,29,30,31,32). The molecule has 0 unspecified atom stereocenters. The van der Waals surface area contributed by atoms with Crippen molar-refractivity contribution in [1.29, 1.82) is 0 Å². The average molecular weight is 504 g/mol. The first-order valence-electron chi connectivity index (χ1n) is 10.5. The third-order valence-electron chi connectivity index (χ3n) is 4.31. The van der Waals surface area contributed by atoms with E-state index in [2.05, 4.69) is 37.5 Å². The third-order valence-corrected chi connectivity index (χ3v) is 4.31. The number of rotatable bonds is 13. The second kappa shape index (κ2) is 12.2. The number of hydrogen-bond donors (Lipinski definition) is 4. The van der Waals surface area contributed by atoms with Crippen molar-refractivity contribution in [2.45, 2.75) is 12.7 Å². The first-order valence-corrected chi connectivity index (χ1v) is 10.5. The summed E-state index contributed by atoms with van der Waals surface area (Å²) in [5.74, 6) is -0.399. The van der Waals surface area contributed by atoms with Crippen LogP contribution in [0.3, 0.4) is 0 Å². The first kappa shape index (κ1) is 26.1. The molecule has 10 nitrogen and oxygen atoms in total. The van der Waals surface area contributed by atoms with Crippen LogP contribution in [0, 0.1) is 0 Å². The molecule has 0 spiro atoms. The fourth-order valence-corrected chi connectivity index (χ4v) is 2.72. The number of nitrogens with zero attached hydrogens (tertiary/aromatic N) is 3. The molecule has 1 heterocycles.